The van der Waals surface area contributed by atoms with Gasteiger partial charge in [0.05, 0.1) is 29.3 Å². The molecule has 2 rings (SSSR count). The van der Waals surface area contributed by atoms with Crippen LogP contribution in [0, 0.1) is 0 Å². The molecular weight excluding hydrogens is 407 g/mol. The Morgan fingerprint density at radius 1 is 1.27 bits per heavy atom. The van der Waals surface area contributed by atoms with E-state index in [2.05, 4.69) is 25.7 Å². The monoisotopic (exact) mass is 422 g/mol. The first-order chi connectivity index (χ1) is 12.4. The average molecular weight is 423 g/mol. The predicted octanol–water partition coefficient (Wildman–Crippen LogP) is 0.774. The largest absolute Gasteiger partial charge is 0.493 e. The number of ether oxygens (including phenoxy) is 2. The molecule has 3 N–H and O–H groups in total. The number of esters is 2. The molecule has 0 amide bonds. The minimum absolute atomic E-state index is 0.0478. The third kappa shape index (κ3) is 5.04. The van der Waals surface area contributed by atoms with Gasteiger partial charge < -0.3 is 24.9 Å². The zero-order chi connectivity index (χ0) is 19.1. The van der Waals surface area contributed by atoms with Crippen LogP contribution in [0.5, 0.6) is 0 Å². The Balaban J connectivity index is 1.85. The van der Waals surface area contributed by atoms with Crippen molar-refractivity contribution in [2.45, 2.75) is 0 Å². The molecule has 8 nitrogen and oxygen atoms in total. The van der Waals surface area contributed by atoms with Gasteiger partial charge in [-0.05, 0) is 34.1 Å². The third-order valence-corrected chi connectivity index (χ3v) is 3.99. The highest BCUT2D eigenvalue weighted by molar-refractivity contribution is 9.10. The average Bonchev–Trinajstić information content (AvgIpc) is 2.64. The number of carbonyl (C=O) groups is 2. The smallest absolute Gasteiger partial charge is 0.465 e. The summed E-state index contributed by atoms with van der Waals surface area (Å²) in [6.45, 7) is -0.112. The minimum atomic E-state index is -1.33. The molecule has 0 saturated heterocycles. The van der Waals surface area contributed by atoms with E-state index in [1.54, 1.807) is 0 Å². The zero-order valence-corrected chi connectivity index (χ0v) is 15.4. The molecule has 0 atom stereocenters. The Bertz CT molecular complexity index is 804. The third-order valence-electron chi connectivity index (χ3n) is 3.36. The zero-order valence-electron chi connectivity index (χ0n) is 13.8. The fraction of sp³-hybridized carbons (Fsp3) is 0.188. The van der Waals surface area contributed by atoms with Crippen LogP contribution < -0.4 is 11.2 Å². The summed E-state index contributed by atoms with van der Waals surface area (Å²) >= 11 is 3.21. The van der Waals surface area contributed by atoms with Gasteiger partial charge in [0.2, 0.25) is 0 Å². The lowest BCUT2D eigenvalue weighted by Gasteiger charge is -2.12. The van der Waals surface area contributed by atoms with Crippen LogP contribution in [0.15, 0.2) is 41.1 Å². The lowest BCUT2D eigenvalue weighted by atomic mass is 9.78. The molecule has 0 aliphatic rings. The summed E-state index contributed by atoms with van der Waals surface area (Å²) < 4.78 is 15.4. The fourth-order valence-electron chi connectivity index (χ4n) is 2.05. The van der Waals surface area contributed by atoms with Crippen molar-refractivity contribution in [3.63, 3.8) is 0 Å². The lowest BCUT2D eigenvalue weighted by Crippen LogP contribution is -2.37. The number of anilines is 1. The van der Waals surface area contributed by atoms with Gasteiger partial charge in [0.1, 0.15) is 6.61 Å². The summed E-state index contributed by atoms with van der Waals surface area (Å²) in [5, 5.41) is 10.0. The molecule has 0 radical (unpaired) electrons. The Morgan fingerprint density at radius 2 is 2.04 bits per heavy atom. The Kier molecular flexibility index (Phi) is 7.13. The Labute approximate surface area is 158 Å². The number of hydrogen-bond donors (Lipinski definition) is 2. The number of benzene rings is 1. The van der Waals surface area contributed by atoms with Crippen LogP contribution in [-0.2, 0) is 14.1 Å². The molecule has 1 heterocycles. The Hall–Kier alpha value is -2.43. The second-order valence-electron chi connectivity index (χ2n) is 5.05. The van der Waals surface area contributed by atoms with E-state index >= 15 is 0 Å². The molecular formula is C16H16BBrN2O6. The van der Waals surface area contributed by atoms with Crippen LogP contribution in [0.1, 0.15) is 20.7 Å². The van der Waals surface area contributed by atoms with Crippen LogP contribution in [0.25, 0.3) is 0 Å². The van der Waals surface area contributed by atoms with Crippen molar-refractivity contribution in [1.29, 1.82) is 0 Å². The number of pyridine rings is 1. The molecule has 1 aromatic heterocycles. The highest BCUT2D eigenvalue weighted by Crippen LogP contribution is 2.15. The molecule has 136 valence electrons. The molecule has 26 heavy (non-hydrogen) atoms. The molecule has 0 aliphatic heterocycles. The Morgan fingerprint density at radius 3 is 2.69 bits per heavy atom. The maximum atomic E-state index is 11.9. The van der Waals surface area contributed by atoms with Crippen molar-refractivity contribution in [3.8, 4) is 0 Å². The summed E-state index contributed by atoms with van der Waals surface area (Å²) in [6.07, 6.45) is 2.96. The summed E-state index contributed by atoms with van der Waals surface area (Å²) in [6, 6.07) is 5.83. The van der Waals surface area contributed by atoms with Gasteiger partial charge in [-0.1, -0.05) is 6.07 Å². The van der Waals surface area contributed by atoms with Crippen LogP contribution in [0.4, 0.5) is 5.69 Å². The van der Waals surface area contributed by atoms with E-state index in [1.165, 1.54) is 43.8 Å². The first-order valence-electron chi connectivity index (χ1n) is 7.48. The summed E-state index contributed by atoms with van der Waals surface area (Å²) in [5.74, 6) is -1.08. The van der Waals surface area contributed by atoms with E-state index in [4.69, 9.17) is 15.1 Å². The summed E-state index contributed by atoms with van der Waals surface area (Å²) in [5.41, 5.74) is 6.89. The van der Waals surface area contributed by atoms with Crippen LogP contribution in [-0.4, -0.2) is 49.4 Å². The number of aromatic nitrogens is 1. The lowest BCUT2D eigenvalue weighted by molar-refractivity contribution is 0.0438. The van der Waals surface area contributed by atoms with Crippen molar-refractivity contribution in [1.82, 2.24) is 4.98 Å². The van der Waals surface area contributed by atoms with Crippen LogP contribution in [0.3, 0.4) is 0 Å². The number of halogens is 1. The molecule has 1 aromatic carbocycles. The van der Waals surface area contributed by atoms with Crippen molar-refractivity contribution in [2.75, 3.05) is 26.1 Å². The first kappa shape index (κ1) is 19.9. The number of hydrogen-bond acceptors (Lipinski definition) is 8. The van der Waals surface area contributed by atoms with Crippen LogP contribution >= 0.6 is 15.9 Å². The van der Waals surface area contributed by atoms with Crippen molar-refractivity contribution < 1.29 is 28.7 Å². The van der Waals surface area contributed by atoms with Gasteiger partial charge in [-0.2, -0.15) is 0 Å². The number of carbonyl (C=O) groups excluding carboxylic acids is 2. The van der Waals surface area contributed by atoms with Gasteiger partial charge in [0, 0.05) is 23.5 Å². The van der Waals surface area contributed by atoms with E-state index in [-0.39, 0.29) is 24.5 Å². The topological polar surface area (TPSA) is 121 Å². The van der Waals surface area contributed by atoms with E-state index in [9.17, 15) is 14.6 Å². The van der Waals surface area contributed by atoms with Crippen molar-refractivity contribution in [2.24, 2.45) is 0 Å². The van der Waals surface area contributed by atoms with Gasteiger partial charge in [-0.15, -0.1) is 0 Å². The molecule has 10 heteroatoms. The number of methoxy groups -OCH3 is 1. The van der Waals surface area contributed by atoms with Crippen LogP contribution in [0.2, 0.25) is 0 Å². The molecule has 0 unspecified atom stereocenters. The quantitative estimate of drug-likeness (QED) is 0.290. The minimum Gasteiger partial charge on any atom is -0.465 e. The second kappa shape index (κ2) is 9.32. The number of rotatable bonds is 7. The summed E-state index contributed by atoms with van der Waals surface area (Å²) in [7, 11) is -0.0658. The van der Waals surface area contributed by atoms with E-state index < -0.39 is 19.1 Å². The first-order valence-corrected chi connectivity index (χ1v) is 8.27. The number of nitrogen functional groups attached to an aromatic ring is 1. The SMILES string of the molecule is COC(=O)c1ccc(B(O)OCCOC(=O)c2ccncc2Br)c(N)c1. The highest BCUT2D eigenvalue weighted by Gasteiger charge is 2.21. The van der Waals surface area contributed by atoms with E-state index in [0.717, 1.165) is 0 Å². The van der Waals surface area contributed by atoms with Crippen molar-refractivity contribution in [3.05, 3.63) is 52.3 Å². The standard InChI is InChI=1S/C16H16BBrN2O6/c1-24-15(21)10-2-3-12(14(19)8-10)17(23)26-7-6-25-16(22)11-4-5-20-9-13(11)18/h2-5,8-9,23H,6-7,19H2,1H3. The van der Waals surface area contributed by atoms with Gasteiger partial charge in [-0.3, -0.25) is 4.98 Å². The molecule has 2 aromatic rings. The van der Waals surface area contributed by atoms with E-state index in [1.807, 2.05) is 0 Å². The van der Waals surface area contributed by atoms with Crippen molar-refractivity contribution >= 4 is 46.1 Å². The maximum Gasteiger partial charge on any atom is 0.493 e. The molecule has 0 bridgehead atoms. The van der Waals surface area contributed by atoms with Gasteiger partial charge in [-0.25, -0.2) is 9.59 Å². The van der Waals surface area contributed by atoms with Gasteiger partial charge in [0.25, 0.3) is 0 Å². The van der Waals surface area contributed by atoms with E-state index in [0.29, 0.717) is 15.5 Å². The predicted molar refractivity (Wildman–Crippen MR) is 98.0 cm³/mol. The molecule has 0 fully saturated rings. The second-order valence-corrected chi connectivity index (χ2v) is 5.90. The fourth-order valence-corrected chi connectivity index (χ4v) is 2.46. The maximum absolute atomic E-state index is 11.9. The molecule has 0 spiro atoms. The molecule has 0 aliphatic carbocycles. The van der Waals surface area contributed by atoms with Gasteiger partial charge >= 0.3 is 19.1 Å². The van der Waals surface area contributed by atoms with Gasteiger partial charge in [0.15, 0.2) is 0 Å². The summed E-state index contributed by atoms with van der Waals surface area (Å²) in [4.78, 5) is 27.2. The highest BCUT2D eigenvalue weighted by atomic mass is 79.9. The number of nitrogens with two attached hydrogens (primary N) is 1. The number of nitrogens with zero attached hydrogens (tertiary/aromatic N) is 1. The normalized spacial score (nSPS) is 10.3. The molecule has 0 saturated carbocycles.